The van der Waals surface area contributed by atoms with Gasteiger partial charge in [0.2, 0.25) is 5.91 Å². The fraction of sp³-hybridized carbons (Fsp3) is 0.414. The van der Waals surface area contributed by atoms with Crippen molar-refractivity contribution >= 4 is 23.5 Å². The minimum absolute atomic E-state index is 0.00741. The highest BCUT2D eigenvalue weighted by Crippen LogP contribution is 2.38. The van der Waals surface area contributed by atoms with Gasteiger partial charge in [0.15, 0.2) is 0 Å². The normalized spacial score (nSPS) is 20.9. The Morgan fingerprint density at radius 3 is 2.44 bits per heavy atom. The van der Waals surface area contributed by atoms with Gasteiger partial charge in [-0.1, -0.05) is 6.07 Å². The Balaban J connectivity index is 0.000000386. The van der Waals surface area contributed by atoms with Gasteiger partial charge in [-0.25, -0.2) is 14.0 Å². The first-order valence-corrected chi connectivity index (χ1v) is 13.1. The van der Waals surface area contributed by atoms with Crippen molar-refractivity contribution in [3.8, 4) is 5.75 Å². The molecule has 2 aromatic rings. The highest BCUT2D eigenvalue weighted by molar-refractivity contribution is 6.02. The summed E-state index contributed by atoms with van der Waals surface area (Å²) in [7, 11) is 1.73. The molecule has 208 valence electrons. The predicted octanol–water partition coefficient (Wildman–Crippen LogP) is 3.67. The van der Waals surface area contributed by atoms with Gasteiger partial charge in [0.05, 0.1) is 13.0 Å². The number of hydrogen-bond acceptors (Lipinski definition) is 6. The zero-order valence-corrected chi connectivity index (χ0v) is 21.9. The highest BCUT2D eigenvalue weighted by Gasteiger charge is 2.32. The first-order chi connectivity index (χ1) is 18.7. The second-order valence-corrected chi connectivity index (χ2v) is 9.92. The Labute approximate surface area is 226 Å². The SMILES string of the molecule is COc1ccc2c(c1)C(N1CCN(CCC3C(=O)Nc4ccc(F)cc43)CC1)CCC2.O=C(O)C=CC(=O)O. The zero-order valence-electron chi connectivity index (χ0n) is 21.9. The van der Waals surface area contributed by atoms with Gasteiger partial charge in [0.25, 0.3) is 0 Å². The van der Waals surface area contributed by atoms with Crippen molar-refractivity contribution in [3.05, 3.63) is 71.1 Å². The van der Waals surface area contributed by atoms with Crippen LogP contribution in [0.1, 0.15) is 47.9 Å². The van der Waals surface area contributed by atoms with Crippen LogP contribution in [0.5, 0.6) is 5.75 Å². The Morgan fingerprint density at radius 2 is 1.77 bits per heavy atom. The molecular weight excluding hydrogens is 505 g/mol. The Bertz CT molecular complexity index is 1230. The number of nitrogens with zero attached hydrogens (tertiary/aromatic N) is 2. The number of methoxy groups -OCH3 is 1. The van der Waals surface area contributed by atoms with Gasteiger partial charge in [-0.15, -0.1) is 0 Å². The summed E-state index contributed by atoms with van der Waals surface area (Å²) in [6, 6.07) is 11.6. The van der Waals surface area contributed by atoms with Crippen LogP contribution in [0.15, 0.2) is 48.6 Å². The Kier molecular flexibility index (Phi) is 9.32. The van der Waals surface area contributed by atoms with Gasteiger partial charge in [0.1, 0.15) is 11.6 Å². The Hall–Kier alpha value is -3.76. The van der Waals surface area contributed by atoms with Crippen molar-refractivity contribution in [2.24, 2.45) is 0 Å². The number of amides is 1. The molecule has 10 heteroatoms. The number of carboxylic acid groups (broad SMARTS) is 2. The van der Waals surface area contributed by atoms with E-state index in [2.05, 4.69) is 33.3 Å². The number of halogens is 1. The Morgan fingerprint density at radius 1 is 1.05 bits per heavy atom. The molecule has 2 aromatic carbocycles. The summed E-state index contributed by atoms with van der Waals surface area (Å²) in [6.45, 7) is 4.92. The van der Waals surface area contributed by atoms with Gasteiger partial charge < -0.3 is 25.2 Å². The van der Waals surface area contributed by atoms with Crippen LogP contribution in [0.3, 0.4) is 0 Å². The lowest BCUT2D eigenvalue weighted by atomic mass is 9.86. The van der Waals surface area contributed by atoms with E-state index in [1.165, 1.54) is 36.1 Å². The molecule has 0 bridgehead atoms. The number of hydrogen-bond donors (Lipinski definition) is 3. The molecule has 0 saturated carbocycles. The third-order valence-corrected chi connectivity index (χ3v) is 7.55. The number of piperazine rings is 1. The van der Waals surface area contributed by atoms with Crippen LogP contribution in [0.4, 0.5) is 10.1 Å². The number of rotatable bonds is 7. The molecule has 5 rings (SSSR count). The number of fused-ring (bicyclic) bond motifs is 2. The lowest BCUT2D eigenvalue weighted by Gasteiger charge is -2.41. The third-order valence-electron chi connectivity index (χ3n) is 7.55. The summed E-state index contributed by atoms with van der Waals surface area (Å²) < 4.78 is 19.1. The average Bonchev–Trinajstić information content (AvgIpc) is 3.24. The number of carbonyl (C=O) groups excluding carboxylic acids is 1. The van der Waals surface area contributed by atoms with E-state index in [4.69, 9.17) is 14.9 Å². The van der Waals surface area contributed by atoms with E-state index in [0.717, 1.165) is 62.6 Å². The fourth-order valence-corrected chi connectivity index (χ4v) is 5.59. The predicted molar refractivity (Wildman–Crippen MR) is 143 cm³/mol. The van der Waals surface area contributed by atoms with Crippen LogP contribution in [0.2, 0.25) is 0 Å². The quantitative estimate of drug-likeness (QED) is 0.456. The van der Waals surface area contributed by atoms with E-state index in [0.29, 0.717) is 18.2 Å². The molecule has 39 heavy (non-hydrogen) atoms. The van der Waals surface area contributed by atoms with Crippen LogP contribution >= 0.6 is 0 Å². The molecule has 2 atom stereocenters. The lowest BCUT2D eigenvalue weighted by molar-refractivity contribution is -0.134. The zero-order chi connectivity index (χ0) is 27.9. The minimum atomic E-state index is -1.26. The number of aryl methyl sites for hydroxylation is 1. The molecule has 1 fully saturated rings. The maximum Gasteiger partial charge on any atom is 0.328 e. The number of nitrogens with one attached hydrogen (secondary N) is 1. The molecule has 2 unspecified atom stereocenters. The van der Waals surface area contributed by atoms with Crippen molar-refractivity contribution in [3.63, 3.8) is 0 Å². The van der Waals surface area contributed by atoms with Crippen LogP contribution in [0.25, 0.3) is 0 Å². The van der Waals surface area contributed by atoms with E-state index < -0.39 is 11.9 Å². The van der Waals surface area contributed by atoms with Crippen LogP contribution in [0, 0.1) is 5.82 Å². The summed E-state index contributed by atoms with van der Waals surface area (Å²) in [5.74, 6) is -2.11. The number of ether oxygens (including phenoxy) is 1. The van der Waals surface area contributed by atoms with Crippen molar-refractivity contribution < 1.29 is 33.7 Å². The lowest BCUT2D eigenvalue weighted by Crippen LogP contribution is -2.48. The molecule has 3 aliphatic rings. The highest BCUT2D eigenvalue weighted by atomic mass is 19.1. The molecule has 0 aromatic heterocycles. The van der Waals surface area contributed by atoms with Crippen LogP contribution < -0.4 is 10.1 Å². The summed E-state index contributed by atoms with van der Waals surface area (Å²) in [6.07, 6.45) is 5.43. The molecule has 1 saturated heterocycles. The topological polar surface area (TPSA) is 119 Å². The molecule has 1 amide bonds. The fourth-order valence-electron chi connectivity index (χ4n) is 5.59. The summed E-state index contributed by atoms with van der Waals surface area (Å²) >= 11 is 0. The van der Waals surface area contributed by atoms with Crippen molar-refractivity contribution in [1.29, 1.82) is 0 Å². The number of carbonyl (C=O) groups is 3. The standard InChI is InChI=1S/C25H30FN3O2.C4H4O4/c1-31-19-7-5-17-3-2-4-24(21(17)16-19)29-13-11-28(12-14-29)10-9-20-22-15-18(26)6-8-23(22)27-25(20)30;5-3(6)1-2-4(7)8/h5-8,15-16,20,24H,2-4,9-14H2,1H3,(H,27,30);1-2H,(H,5,6)(H,7,8). The maximum absolute atomic E-state index is 13.7. The van der Waals surface area contributed by atoms with E-state index in [9.17, 15) is 18.8 Å². The van der Waals surface area contributed by atoms with E-state index >= 15 is 0 Å². The largest absolute Gasteiger partial charge is 0.497 e. The van der Waals surface area contributed by atoms with Gasteiger partial charge in [-0.05, 0) is 79.3 Å². The average molecular weight is 540 g/mol. The molecule has 0 spiro atoms. The molecule has 0 radical (unpaired) electrons. The van der Waals surface area contributed by atoms with Gasteiger partial charge in [-0.2, -0.15) is 0 Å². The number of anilines is 1. The smallest absolute Gasteiger partial charge is 0.328 e. The summed E-state index contributed by atoms with van der Waals surface area (Å²) in [5.41, 5.74) is 4.45. The number of benzene rings is 2. The van der Waals surface area contributed by atoms with Crippen LogP contribution in [-0.4, -0.2) is 77.7 Å². The molecule has 2 aliphatic heterocycles. The second kappa shape index (κ2) is 12.9. The van der Waals surface area contributed by atoms with Crippen molar-refractivity contribution in [2.45, 2.75) is 37.6 Å². The third kappa shape index (κ3) is 7.21. The second-order valence-electron chi connectivity index (χ2n) is 9.92. The van der Waals surface area contributed by atoms with Gasteiger partial charge in [0, 0.05) is 50.1 Å². The number of carboxylic acids is 2. The van der Waals surface area contributed by atoms with Gasteiger partial charge in [-0.3, -0.25) is 9.69 Å². The molecule has 2 heterocycles. The van der Waals surface area contributed by atoms with Crippen LogP contribution in [-0.2, 0) is 20.8 Å². The maximum atomic E-state index is 13.7. The monoisotopic (exact) mass is 539 g/mol. The molecule has 1 aliphatic carbocycles. The minimum Gasteiger partial charge on any atom is -0.497 e. The first-order valence-electron chi connectivity index (χ1n) is 13.1. The van der Waals surface area contributed by atoms with Crippen molar-refractivity contribution in [1.82, 2.24) is 9.80 Å². The van der Waals surface area contributed by atoms with Crippen molar-refractivity contribution in [2.75, 3.05) is 45.2 Å². The van der Waals surface area contributed by atoms with E-state index in [1.807, 2.05) is 0 Å². The molecule has 9 nitrogen and oxygen atoms in total. The first kappa shape index (κ1) is 28.3. The summed E-state index contributed by atoms with van der Waals surface area (Å²) in [5, 5.41) is 18.5. The number of aliphatic carboxylic acids is 2. The molecule has 3 N–H and O–H groups in total. The van der Waals surface area contributed by atoms with E-state index in [1.54, 1.807) is 13.2 Å². The molecular formula is C29H34FN3O6. The van der Waals surface area contributed by atoms with E-state index in [-0.39, 0.29) is 17.6 Å². The summed E-state index contributed by atoms with van der Waals surface area (Å²) in [4.78, 5) is 36.5. The van der Waals surface area contributed by atoms with Gasteiger partial charge >= 0.3 is 11.9 Å².